The molecule has 2 saturated heterocycles. The van der Waals surface area contributed by atoms with Crippen molar-refractivity contribution in [1.82, 2.24) is 0 Å². The van der Waals surface area contributed by atoms with Gasteiger partial charge in [-0.25, -0.2) is 4.79 Å². The fourth-order valence-electron chi connectivity index (χ4n) is 7.80. The molecule has 0 radical (unpaired) electrons. The first-order valence-electron chi connectivity index (χ1n) is 19.1. The van der Waals surface area contributed by atoms with Gasteiger partial charge in [-0.3, -0.25) is 14.4 Å². The summed E-state index contributed by atoms with van der Waals surface area (Å²) in [5.41, 5.74) is -3.60. The number of methoxy groups -OCH3 is 1. The molecule has 6 bridgehead atoms. The van der Waals surface area contributed by atoms with Gasteiger partial charge in [-0.1, -0.05) is 52.5 Å². The van der Waals surface area contributed by atoms with Crippen molar-refractivity contribution in [1.29, 1.82) is 0 Å². The Bertz CT molecular complexity index is 1240. The maximum atomic E-state index is 14.6. The minimum atomic E-state index is -2.38. The molecule has 2 N–H and O–H groups in total. The monoisotopic (exact) mass is 720 g/mol. The summed E-state index contributed by atoms with van der Waals surface area (Å²) < 4.78 is 35.2. The van der Waals surface area contributed by atoms with E-state index < -0.39 is 65.7 Å². The van der Waals surface area contributed by atoms with Crippen LogP contribution in [0.2, 0.25) is 0 Å². The molecule has 8 atom stereocenters. The quantitative estimate of drug-likeness (QED) is 0.105. The Balaban J connectivity index is 1.71. The number of carbonyl (C=O) groups excluding carboxylic acids is 4. The second-order valence-electron chi connectivity index (χ2n) is 15.1. The van der Waals surface area contributed by atoms with Crippen LogP contribution in [0.3, 0.4) is 0 Å². The van der Waals surface area contributed by atoms with Crippen LogP contribution in [0.4, 0.5) is 0 Å². The van der Waals surface area contributed by atoms with Crippen LogP contribution < -0.4 is 0 Å². The van der Waals surface area contributed by atoms with E-state index in [2.05, 4.69) is 6.92 Å². The number of fused-ring (bicyclic) bond motifs is 6. The number of cyclic esters (lactones) is 1. The van der Waals surface area contributed by atoms with Crippen LogP contribution in [0.15, 0.2) is 23.8 Å². The predicted molar refractivity (Wildman–Crippen MR) is 186 cm³/mol. The number of Topliss-reactive ketones (excluding diaryl/α,β-unsaturated/α-hetero) is 1. The van der Waals surface area contributed by atoms with E-state index in [0.717, 1.165) is 51.0 Å². The molecule has 3 heterocycles. The Morgan fingerprint density at radius 2 is 1.71 bits per heavy atom. The second-order valence-corrected chi connectivity index (χ2v) is 15.1. The lowest BCUT2D eigenvalue weighted by Crippen LogP contribution is -2.65. The molecule has 1 saturated carbocycles. The molecule has 0 aromatic heterocycles. The molecule has 0 aromatic rings. The largest absolute Gasteiger partial charge is 0.466 e. The maximum absolute atomic E-state index is 14.6. The molecule has 4 rings (SSSR count). The van der Waals surface area contributed by atoms with Crippen LogP contribution in [0.5, 0.6) is 0 Å². The Morgan fingerprint density at radius 3 is 2.45 bits per heavy atom. The van der Waals surface area contributed by atoms with E-state index in [1.165, 1.54) is 7.11 Å². The highest BCUT2D eigenvalue weighted by Crippen LogP contribution is 2.48. The van der Waals surface area contributed by atoms with Gasteiger partial charge in [-0.05, 0) is 75.9 Å². The van der Waals surface area contributed by atoms with Crippen molar-refractivity contribution in [3.05, 3.63) is 23.8 Å². The highest BCUT2D eigenvalue weighted by molar-refractivity contribution is 5.95. The van der Waals surface area contributed by atoms with Crippen LogP contribution in [0.25, 0.3) is 0 Å². The molecular formula is C39H60O12. The van der Waals surface area contributed by atoms with E-state index in [1.54, 1.807) is 26.0 Å². The zero-order valence-electron chi connectivity index (χ0n) is 31.0. The van der Waals surface area contributed by atoms with Gasteiger partial charge in [0.1, 0.15) is 6.10 Å². The standard InChI is InChI=1S/C39H60O12/c1-5-6-7-8-9-15-33(42)51-37-27(23-34(43)46-4)21-26-22-31(25-40)49-32(41)16-11-13-28-12-10-14-29(48-28)24-30-18-20-47-35(50-30)17-19-38(2,3)39(37,45)36(26)44/h17,19,23,26,28-31,35,37,40,45H,5-16,18,20-22,24-25H2,1-4H3/b19-17+,27-23+/t26?,28-,29+,30-,31+,35-,37-,39-/m0/s1. The first kappa shape index (κ1) is 41.1. The number of ketones is 1. The van der Waals surface area contributed by atoms with Gasteiger partial charge in [-0.15, -0.1) is 0 Å². The third kappa shape index (κ3) is 11.2. The van der Waals surface area contributed by atoms with Crippen molar-refractivity contribution in [2.45, 2.75) is 166 Å². The van der Waals surface area contributed by atoms with Crippen LogP contribution >= 0.6 is 0 Å². The van der Waals surface area contributed by atoms with Gasteiger partial charge in [0.05, 0.1) is 38.6 Å². The molecule has 0 aromatic carbocycles. The highest BCUT2D eigenvalue weighted by atomic mass is 16.7. The number of hydrogen-bond acceptors (Lipinski definition) is 12. The fourth-order valence-corrected chi connectivity index (χ4v) is 7.80. The van der Waals surface area contributed by atoms with Crippen molar-refractivity contribution < 1.29 is 57.8 Å². The first-order chi connectivity index (χ1) is 24.4. The van der Waals surface area contributed by atoms with E-state index in [0.29, 0.717) is 38.7 Å². The van der Waals surface area contributed by atoms with E-state index >= 15 is 0 Å². The molecule has 0 spiro atoms. The Kier molecular flexibility index (Phi) is 15.7. The van der Waals surface area contributed by atoms with Gasteiger partial charge in [0, 0.05) is 30.3 Å². The van der Waals surface area contributed by atoms with Crippen molar-refractivity contribution in [2.75, 3.05) is 20.3 Å². The number of aliphatic hydroxyl groups is 2. The second kappa shape index (κ2) is 19.4. The van der Waals surface area contributed by atoms with Crippen LogP contribution in [0, 0.1) is 11.3 Å². The Morgan fingerprint density at radius 1 is 0.980 bits per heavy atom. The van der Waals surface area contributed by atoms with Crippen LogP contribution in [-0.4, -0.2) is 96.6 Å². The van der Waals surface area contributed by atoms with Crippen molar-refractivity contribution in [3.63, 3.8) is 0 Å². The van der Waals surface area contributed by atoms with Gasteiger partial charge in [0.25, 0.3) is 0 Å². The molecule has 3 aliphatic heterocycles. The Hall–Kier alpha value is -2.64. The molecule has 0 amide bonds. The van der Waals surface area contributed by atoms with Crippen LogP contribution in [0.1, 0.15) is 124 Å². The summed E-state index contributed by atoms with van der Waals surface area (Å²) in [5, 5.41) is 23.0. The molecule has 4 aliphatic rings. The summed E-state index contributed by atoms with van der Waals surface area (Å²) >= 11 is 0. The number of esters is 3. The molecule has 12 nitrogen and oxygen atoms in total. The SMILES string of the molecule is CCCCCCCC(=O)O[C@H]1/C(=C/C(=O)OC)CC2C[C@H](CO)OC(=O)CCC[C@@H]3CCC[C@H](C[C@@H]4CCO[C@H](/C=C/C(C)(C)[C@]1(O)C2=O)O4)O3. The molecule has 51 heavy (non-hydrogen) atoms. The fraction of sp³-hybridized carbons (Fsp3) is 0.795. The predicted octanol–water partition coefficient (Wildman–Crippen LogP) is 5.20. The van der Waals surface area contributed by atoms with E-state index in [9.17, 15) is 29.4 Å². The summed E-state index contributed by atoms with van der Waals surface area (Å²) in [7, 11) is 1.21. The van der Waals surface area contributed by atoms with Crippen molar-refractivity contribution >= 4 is 23.7 Å². The topological polar surface area (TPSA) is 164 Å². The highest BCUT2D eigenvalue weighted by Gasteiger charge is 2.61. The third-order valence-corrected chi connectivity index (χ3v) is 10.8. The summed E-state index contributed by atoms with van der Waals surface area (Å²) in [6.45, 7) is 5.31. The smallest absolute Gasteiger partial charge is 0.330 e. The molecule has 288 valence electrons. The normalized spacial score (nSPS) is 34.9. The number of aliphatic hydroxyl groups excluding tert-OH is 1. The van der Waals surface area contributed by atoms with Gasteiger partial charge in [0.2, 0.25) is 0 Å². The summed E-state index contributed by atoms with van der Waals surface area (Å²) in [5.74, 6) is -3.51. The lowest BCUT2D eigenvalue weighted by atomic mass is 9.59. The zero-order chi connectivity index (χ0) is 37.0. The molecule has 1 unspecified atom stereocenters. The minimum Gasteiger partial charge on any atom is -0.466 e. The third-order valence-electron chi connectivity index (χ3n) is 10.8. The van der Waals surface area contributed by atoms with E-state index in [-0.39, 0.29) is 49.6 Å². The first-order valence-corrected chi connectivity index (χ1v) is 19.1. The van der Waals surface area contributed by atoms with Crippen molar-refractivity contribution in [2.24, 2.45) is 11.3 Å². The summed E-state index contributed by atoms with van der Waals surface area (Å²) in [4.78, 5) is 53.5. The van der Waals surface area contributed by atoms with Gasteiger partial charge in [0.15, 0.2) is 23.8 Å². The zero-order valence-corrected chi connectivity index (χ0v) is 31.0. The average molecular weight is 721 g/mol. The average Bonchev–Trinajstić information content (AvgIpc) is 3.10. The minimum absolute atomic E-state index is 0.0175. The molecule has 12 heteroatoms. The van der Waals surface area contributed by atoms with Crippen LogP contribution in [-0.2, 0) is 47.6 Å². The van der Waals surface area contributed by atoms with Crippen molar-refractivity contribution in [3.8, 4) is 0 Å². The molecule has 3 fully saturated rings. The van der Waals surface area contributed by atoms with E-state index in [4.69, 9.17) is 28.4 Å². The number of rotatable bonds is 9. The lowest BCUT2D eigenvalue weighted by molar-refractivity contribution is -0.200. The lowest BCUT2D eigenvalue weighted by Gasteiger charge is -2.50. The molecule has 1 aliphatic carbocycles. The number of ether oxygens (including phenoxy) is 6. The number of unbranched alkanes of at least 4 members (excludes halogenated alkanes) is 4. The number of hydrogen-bond donors (Lipinski definition) is 2. The van der Waals surface area contributed by atoms with Gasteiger partial charge in [-0.2, -0.15) is 0 Å². The summed E-state index contributed by atoms with van der Waals surface area (Å²) in [6.07, 6.45) is 11.0. The molecular weight excluding hydrogens is 660 g/mol. The van der Waals surface area contributed by atoms with E-state index in [1.807, 2.05) is 0 Å². The maximum Gasteiger partial charge on any atom is 0.330 e. The Labute approximate surface area is 302 Å². The van der Waals surface area contributed by atoms with Gasteiger partial charge >= 0.3 is 17.9 Å². The number of carbonyl (C=O) groups is 4. The van der Waals surface area contributed by atoms with Gasteiger partial charge < -0.3 is 38.6 Å². The summed E-state index contributed by atoms with van der Waals surface area (Å²) in [6, 6.07) is 0.